The molecule has 8 nitrogen and oxygen atoms in total. The van der Waals surface area contributed by atoms with Crippen molar-refractivity contribution in [1.82, 2.24) is 9.66 Å². The average Bonchev–Trinajstić information content (AvgIpc) is 2.96. The Bertz CT molecular complexity index is 1730. The van der Waals surface area contributed by atoms with Crippen LogP contribution in [0.2, 0.25) is 5.02 Å². The number of benzene rings is 3. The van der Waals surface area contributed by atoms with Gasteiger partial charge in [0.1, 0.15) is 5.02 Å². The topological polar surface area (TPSA) is 92.0 Å². The largest absolute Gasteiger partial charge is 0.490 e. The van der Waals surface area contributed by atoms with Crippen molar-refractivity contribution in [2.75, 3.05) is 13.2 Å². The summed E-state index contributed by atoms with van der Waals surface area (Å²) < 4.78 is 58.1. The fourth-order valence-electron chi connectivity index (χ4n) is 3.93. The Morgan fingerprint density at radius 3 is 2.57 bits per heavy atom. The summed E-state index contributed by atoms with van der Waals surface area (Å²) in [7, 11) is 0. The molecule has 4 rings (SSSR count). The number of carbonyl (C=O) groups excluding carboxylic acids is 1. The maximum atomic E-state index is 13.5. The van der Waals surface area contributed by atoms with Crippen LogP contribution in [0.3, 0.4) is 0 Å². The molecule has 0 saturated heterocycles. The van der Waals surface area contributed by atoms with E-state index in [2.05, 4.69) is 26.0 Å². The van der Waals surface area contributed by atoms with E-state index in [1.807, 2.05) is 0 Å². The zero-order valence-corrected chi connectivity index (χ0v) is 24.9. The molecule has 3 aromatic carbocycles. The molecule has 1 heterocycles. The number of halogens is 5. The van der Waals surface area contributed by atoms with Crippen molar-refractivity contribution >= 4 is 50.6 Å². The van der Waals surface area contributed by atoms with Gasteiger partial charge in [0.15, 0.2) is 23.4 Å². The first kappa shape index (κ1) is 31.0. The third-order valence-corrected chi connectivity index (χ3v) is 7.33. The van der Waals surface area contributed by atoms with E-state index < -0.39 is 29.4 Å². The predicted molar refractivity (Wildman–Crippen MR) is 156 cm³/mol. The van der Waals surface area contributed by atoms with E-state index in [0.717, 1.165) is 16.8 Å². The average molecular weight is 667 g/mol. The minimum Gasteiger partial charge on any atom is -0.490 e. The highest BCUT2D eigenvalue weighted by atomic mass is 79.9. The number of esters is 1. The number of nitrogens with zero attached hydrogens (tertiary/aromatic N) is 3. The molecular weight excluding hydrogens is 643 g/mol. The van der Waals surface area contributed by atoms with Gasteiger partial charge in [0.2, 0.25) is 0 Å². The van der Waals surface area contributed by atoms with Crippen LogP contribution in [0.5, 0.6) is 11.5 Å². The summed E-state index contributed by atoms with van der Waals surface area (Å²) in [6.45, 7) is 5.31. The fraction of sp³-hybridized carbons (Fsp3) is 0.241. The second kappa shape index (κ2) is 13.0. The van der Waals surface area contributed by atoms with Gasteiger partial charge in [0.05, 0.1) is 35.9 Å². The van der Waals surface area contributed by atoms with Gasteiger partial charge in [0.25, 0.3) is 5.56 Å². The summed E-state index contributed by atoms with van der Waals surface area (Å²) in [5.41, 5.74) is -0.828. The summed E-state index contributed by atoms with van der Waals surface area (Å²) in [6.07, 6.45) is -4.32. The molecule has 0 spiro atoms. The molecule has 0 amide bonds. The number of ether oxygens (including phenoxy) is 3. The Morgan fingerprint density at radius 1 is 1.14 bits per heavy atom. The summed E-state index contributed by atoms with van der Waals surface area (Å²) >= 11 is 9.99. The number of carbonyl (C=O) groups is 1. The van der Waals surface area contributed by atoms with Gasteiger partial charge in [-0.3, -0.25) is 4.79 Å². The van der Waals surface area contributed by atoms with Gasteiger partial charge in [0, 0.05) is 15.6 Å². The lowest BCUT2D eigenvalue weighted by atomic mass is 10.1. The predicted octanol–water partition coefficient (Wildman–Crippen LogP) is 7.11. The van der Waals surface area contributed by atoms with E-state index >= 15 is 0 Å². The maximum Gasteiger partial charge on any atom is 0.416 e. The summed E-state index contributed by atoms with van der Waals surface area (Å²) in [5, 5.41) is 4.59. The number of aromatic nitrogens is 2. The molecule has 1 aromatic heterocycles. The van der Waals surface area contributed by atoms with Gasteiger partial charge in [-0.2, -0.15) is 22.9 Å². The number of alkyl halides is 3. The molecule has 42 heavy (non-hydrogen) atoms. The molecule has 0 aliphatic heterocycles. The van der Waals surface area contributed by atoms with E-state index in [9.17, 15) is 22.8 Å². The molecule has 4 aromatic rings. The number of hydrogen-bond donors (Lipinski definition) is 0. The van der Waals surface area contributed by atoms with Crippen molar-refractivity contribution < 1.29 is 32.2 Å². The fourth-order valence-corrected chi connectivity index (χ4v) is 4.57. The van der Waals surface area contributed by atoms with Crippen LogP contribution < -0.4 is 15.0 Å². The minimum atomic E-state index is -4.60. The number of hydrogen-bond acceptors (Lipinski definition) is 7. The lowest BCUT2D eigenvalue weighted by Gasteiger charge is -2.19. The van der Waals surface area contributed by atoms with Crippen LogP contribution in [-0.4, -0.2) is 41.2 Å². The smallest absolute Gasteiger partial charge is 0.416 e. The molecule has 1 atom stereocenters. The molecule has 0 saturated carbocycles. The van der Waals surface area contributed by atoms with Crippen molar-refractivity contribution in [2.45, 2.75) is 33.1 Å². The monoisotopic (exact) mass is 665 g/mol. The highest BCUT2D eigenvalue weighted by Crippen LogP contribution is 2.43. The van der Waals surface area contributed by atoms with Crippen molar-refractivity contribution in [1.29, 1.82) is 0 Å². The van der Waals surface area contributed by atoms with Crippen LogP contribution in [0, 0.1) is 0 Å². The lowest BCUT2D eigenvalue weighted by molar-refractivity contribution is -0.150. The van der Waals surface area contributed by atoms with Gasteiger partial charge in [-0.1, -0.05) is 35.9 Å². The Kier molecular flexibility index (Phi) is 9.57. The van der Waals surface area contributed by atoms with Crippen LogP contribution in [0.15, 0.2) is 69.0 Å². The van der Waals surface area contributed by atoms with Crippen LogP contribution >= 0.6 is 27.5 Å². The Balaban J connectivity index is 1.86. The summed E-state index contributed by atoms with van der Waals surface area (Å²) in [4.78, 5) is 30.1. The van der Waals surface area contributed by atoms with Crippen molar-refractivity contribution in [3.8, 4) is 22.9 Å². The van der Waals surface area contributed by atoms with Gasteiger partial charge in [-0.05, 0) is 67.0 Å². The normalized spacial score (nSPS) is 12.5. The van der Waals surface area contributed by atoms with Crippen molar-refractivity contribution in [3.63, 3.8) is 0 Å². The highest BCUT2D eigenvalue weighted by Gasteiger charge is 2.31. The molecule has 0 N–H and O–H groups in total. The van der Waals surface area contributed by atoms with E-state index in [-0.39, 0.29) is 46.5 Å². The van der Waals surface area contributed by atoms with Crippen LogP contribution in [0.4, 0.5) is 13.2 Å². The van der Waals surface area contributed by atoms with E-state index in [1.165, 1.54) is 31.3 Å². The summed E-state index contributed by atoms with van der Waals surface area (Å²) in [5.74, 6) is -0.428. The van der Waals surface area contributed by atoms with Crippen molar-refractivity contribution in [3.05, 3.63) is 85.6 Å². The number of rotatable bonds is 9. The Hall–Kier alpha value is -3.90. The SMILES string of the molecule is CCOC(=O)[C@@H](C)Oc1c(OCC)cc(C=Nn2c(-c3cccc(C(F)(F)F)c3)nc3ccccc3c2=O)c(Br)c1Cl. The van der Waals surface area contributed by atoms with E-state index in [4.69, 9.17) is 25.8 Å². The van der Waals surface area contributed by atoms with Crippen LogP contribution in [-0.2, 0) is 15.7 Å². The van der Waals surface area contributed by atoms with Gasteiger partial charge in [-0.15, -0.1) is 0 Å². The maximum absolute atomic E-state index is 13.5. The van der Waals surface area contributed by atoms with Crippen LogP contribution in [0.1, 0.15) is 31.9 Å². The first-order chi connectivity index (χ1) is 20.0. The zero-order chi connectivity index (χ0) is 30.6. The second-order valence-electron chi connectivity index (χ2n) is 8.76. The zero-order valence-electron chi connectivity index (χ0n) is 22.5. The molecular formula is C29H24BrClF3N3O5. The Morgan fingerprint density at radius 2 is 1.88 bits per heavy atom. The second-order valence-corrected chi connectivity index (χ2v) is 9.93. The first-order valence-electron chi connectivity index (χ1n) is 12.7. The molecule has 13 heteroatoms. The minimum absolute atomic E-state index is 0.0358. The molecule has 220 valence electrons. The summed E-state index contributed by atoms with van der Waals surface area (Å²) in [6, 6.07) is 12.4. The number of fused-ring (bicyclic) bond motifs is 1. The highest BCUT2D eigenvalue weighted by molar-refractivity contribution is 9.10. The third-order valence-electron chi connectivity index (χ3n) is 5.88. The van der Waals surface area contributed by atoms with Gasteiger partial charge >= 0.3 is 12.1 Å². The lowest BCUT2D eigenvalue weighted by Crippen LogP contribution is -2.26. The third kappa shape index (κ3) is 6.60. The van der Waals surface area contributed by atoms with E-state index in [1.54, 1.807) is 38.1 Å². The van der Waals surface area contributed by atoms with Gasteiger partial charge < -0.3 is 14.2 Å². The molecule has 0 unspecified atom stereocenters. The molecule has 0 aliphatic rings. The number of para-hydroxylation sites is 1. The molecule has 0 fully saturated rings. The molecule has 0 bridgehead atoms. The van der Waals surface area contributed by atoms with Crippen molar-refractivity contribution in [2.24, 2.45) is 5.10 Å². The molecule has 0 aliphatic carbocycles. The molecule has 0 radical (unpaired) electrons. The standard InChI is InChI=1S/C29H24BrClF3N3O5/c1-4-40-22-14-18(23(30)24(31)25(22)42-16(3)28(39)41-5-2)15-35-37-26(17-9-8-10-19(13-17)29(32,33)34)36-21-12-7-6-11-20(21)27(37)38/h6-16H,4-5H2,1-3H3/t16-/m1/s1. The van der Waals surface area contributed by atoms with Crippen LogP contribution in [0.25, 0.3) is 22.3 Å². The Labute approximate surface area is 251 Å². The van der Waals surface area contributed by atoms with E-state index in [0.29, 0.717) is 15.6 Å². The quantitative estimate of drug-likeness (QED) is 0.140. The first-order valence-corrected chi connectivity index (χ1v) is 13.8. The van der Waals surface area contributed by atoms with Gasteiger partial charge in [-0.25, -0.2) is 9.78 Å².